The van der Waals surface area contributed by atoms with Crippen LogP contribution in [-0.4, -0.2) is 33.5 Å². The van der Waals surface area contributed by atoms with Gasteiger partial charge in [-0.1, -0.05) is 18.0 Å². The van der Waals surface area contributed by atoms with Crippen molar-refractivity contribution in [3.8, 4) is 0 Å². The van der Waals surface area contributed by atoms with Gasteiger partial charge in [-0.3, -0.25) is 9.69 Å². The predicted octanol–water partition coefficient (Wildman–Crippen LogP) is 1.25. The normalized spacial score (nSPS) is 25.9. The fourth-order valence-electron chi connectivity index (χ4n) is 3.20. The fourth-order valence-corrected chi connectivity index (χ4v) is 3.20. The zero-order valence-corrected chi connectivity index (χ0v) is 10.3. The van der Waals surface area contributed by atoms with Crippen molar-refractivity contribution in [2.24, 2.45) is 5.73 Å². The standard InChI is InChI=1S/C12H18N4O2/c13-10(17)11-14-12(18-15-11)9-6-3-7-16(9)8-4-1-2-5-8/h8-9H,1-7H2,(H2,13,17)/t9-/m0/s1. The maximum absolute atomic E-state index is 11.0. The highest BCUT2D eigenvalue weighted by Gasteiger charge is 2.36. The first kappa shape index (κ1) is 11.6. The van der Waals surface area contributed by atoms with Crippen molar-refractivity contribution >= 4 is 5.91 Å². The van der Waals surface area contributed by atoms with Crippen LogP contribution in [0.1, 0.15) is 61.1 Å². The third-order valence-corrected chi connectivity index (χ3v) is 4.04. The summed E-state index contributed by atoms with van der Waals surface area (Å²) < 4.78 is 5.20. The molecule has 1 aliphatic carbocycles. The van der Waals surface area contributed by atoms with Crippen LogP contribution in [-0.2, 0) is 0 Å². The largest absolute Gasteiger partial charge is 0.363 e. The molecule has 1 amide bonds. The topological polar surface area (TPSA) is 85.2 Å². The maximum atomic E-state index is 11.0. The maximum Gasteiger partial charge on any atom is 0.290 e. The monoisotopic (exact) mass is 250 g/mol. The van der Waals surface area contributed by atoms with E-state index in [0.29, 0.717) is 11.9 Å². The summed E-state index contributed by atoms with van der Waals surface area (Å²) in [7, 11) is 0. The second kappa shape index (κ2) is 4.68. The van der Waals surface area contributed by atoms with E-state index in [4.69, 9.17) is 10.3 Å². The Balaban J connectivity index is 1.78. The van der Waals surface area contributed by atoms with E-state index in [0.717, 1.165) is 19.4 Å². The van der Waals surface area contributed by atoms with E-state index in [1.807, 2.05) is 0 Å². The summed E-state index contributed by atoms with van der Waals surface area (Å²) in [5.41, 5.74) is 5.15. The number of amides is 1. The molecule has 2 N–H and O–H groups in total. The molecule has 98 valence electrons. The Kier molecular flexibility index (Phi) is 3.03. The van der Waals surface area contributed by atoms with E-state index >= 15 is 0 Å². The van der Waals surface area contributed by atoms with Crippen LogP contribution in [0.4, 0.5) is 0 Å². The molecule has 0 radical (unpaired) electrons. The average Bonchev–Trinajstić information content (AvgIpc) is 3.10. The summed E-state index contributed by atoms with van der Waals surface area (Å²) >= 11 is 0. The molecule has 2 aliphatic rings. The van der Waals surface area contributed by atoms with Crippen LogP contribution < -0.4 is 5.73 Å². The molecule has 0 unspecified atom stereocenters. The minimum Gasteiger partial charge on any atom is -0.363 e. The van der Waals surface area contributed by atoms with Crippen molar-refractivity contribution in [2.75, 3.05) is 6.54 Å². The number of carbonyl (C=O) groups excluding carboxylic acids is 1. The number of nitrogens with zero attached hydrogens (tertiary/aromatic N) is 3. The number of aromatic nitrogens is 2. The molecule has 2 fully saturated rings. The van der Waals surface area contributed by atoms with Crippen LogP contribution >= 0.6 is 0 Å². The molecule has 1 aromatic heterocycles. The molecule has 1 saturated heterocycles. The quantitative estimate of drug-likeness (QED) is 0.872. The first-order chi connectivity index (χ1) is 8.75. The molecule has 6 nitrogen and oxygen atoms in total. The first-order valence-electron chi connectivity index (χ1n) is 6.65. The summed E-state index contributed by atoms with van der Waals surface area (Å²) in [4.78, 5) is 17.6. The van der Waals surface area contributed by atoms with Crippen molar-refractivity contribution in [3.05, 3.63) is 11.7 Å². The number of nitrogens with two attached hydrogens (primary N) is 1. The van der Waals surface area contributed by atoms with Gasteiger partial charge < -0.3 is 10.3 Å². The summed E-state index contributed by atoms with van der Waals surface area (Å²) in [6, 6.07) is 0.815. The molecule has 0 spiro atoms. The van der Waals surface area contributed by atoms with E-state index in [-0.39, 0.29) is 11.9 Å². The van der Waals surface area contributed by atoms with Gasteiger partial charge in [-0.05, 0) is 32.2 Å². The lowest BCUT2D eigenvalue weighted by Crippen LogP contribution is -2.32. The Hall–Kier alpha value is -1.43. The molecule has 1 atom stereocenters. The highest BCUT2D eigenvalue weighted by molar-refractivity contribution is 5.88. The second-order valence-electron chi connectivity index (χ2n) is 5.15. The zero-order valence-electron chi connectivity index (χ0n) is 10.3. The summed E-state index contributed by atoms with van der Waals surface area (Å²) in [5.74, 6) is -0.0908. The molecule has 2 heterocycles. The fraction of sp³-hybridized carbons (Fsp3) is 0.750. The summed E-state index contributed by atoms with van der Waals surface area (Å²) in [6.45, 7) is 1.09. The third kappa shape index (κ3) is 2.01. The Morgan fingerprint density at radius 2 is 2.06 bits per heavy atom. The SMILES string of the molecule is NC(=O)c1noc([C@@H]2CCCN2C2CCCC2)n1. The molecule has 1 aliphatic heterocycles. The third-order valence-electron chi connectivity index (χ3n) is 4.04. The van der Waals surface area contributed by atoms with E-state index in [9.17, 15) is 4.79 Å². The second-order valence-corrected chi connectivity index (χ2v) is 5.15. The Bertz CT molecular complexity index is 439. The van der Waals surface area contributed by atoms with Crippen LogP contribution in [0.3, 0.4) is 0 Å². The van der Waals surface area contributed by atoms with Crippen LogP contribution in [0.15, 0.2) is 4.52 Å². The van der Waals surface area contributed by atoms with Crippen LogP contribution in [0.25, 0.3) is 0 Å². The molecule has 6 heteroatoms. The minimum absolute atomic E-state index is 0.0109. The Labute approximate surface area is 106 Å². The average molecular weight is 250 g/mol. The zero-order chi connectivity index (χ0) is 12.5. The Morgan fingerprint density at radius 1 is 1.28 bits per heavy atom. The van der Waals surface area contributed by atoms with Gasteiger partial charge in [0, 0.05) is 6.04 Å². The lowest BCUT2D eigenvalue weighted by molar-refractivity contribution is 0.0987. The smallest absolute Gasteiger partial charge is 0.290 e. The molecule has 0 aromatic carbocycles. The van der Waals surface area contributed by atoms with E-state index in [2.05, 4.69) is 15.0 Å². The molecular formula is C12H18N4O2. The number of primary amides is 1. The summed E-state index contributed by atoms with van der Waals surface area (Å²) in [5, 5.41) is 3.63. The van der Waals surface area contributed by atoms with E-state index in [1.54, 1.807) is 0 Å². The molecule has 0 bridgehead atoms. The van der Waals surface area contributed by atoms with Gasteiger partial charge in [0.1, 0.15) is 0 Å². The summed E-state index contributed by atoms with van der Waals surface area (Å²) in [6.07, 6.45) is 7.31. The van der Waals surface area contributed by atoms with E-state index in [1.165, 1.54) is 25.7 Å². The van der Waals surface area contributed by atoms with Crippen LogP contribution in [0.5, 0.6) is 0 Å². The highest BCUT2D eigenvalue weighted by atomic mass is 16.5. The lowest BCUT2D eigenvalue weighted by Gasteiger charge is -2.27. The molecule has 18 heavy (non-hydrogen) atoms. The van der Waals surface area contributed by atoms with Crippen molar-refractivity contribution < 1.29 is 9.32 Å². The number of likely N-dealkylation sites (tertiary alicyclic amines) is 1. The number of carbonyl (C=O) groups is 1. The Morgan fingerprint density at radius 3 is 2.72 bits per heavy atom. The van der Waals surface area contributed by atoms with Gasteiger partial charge in [0.15, 0.2) is 0 Å². The van der Waals surface area contributed by atoms with Crippen molar-refractivity contribution in [2.45, 2.75) is 50.6 Å². The van der Waals surface area contributed by atoms with Gasteiger partial charge in [0.05, 0.1) is 6.04 Å². The minimum atomic E-state index is -0.629. The molecular weight excluding hydrogens is 232 g/mol. The highest BCUT2D eigenvalue weighted by Crippen LogP contribution is 2.37. The van der Waals surface area contributed by atoms with Crippen molar-refractivity contribution in [3.63, 3.8) is 0 Å². The lowest BCUT2D eigenvalue weighted by atomic mass is 10.1. The van der Waals surface area contributed by atoms with Crippen molar-refractivity contribution in [1.29, 1.82) is 0 Å². The van der Waals surface area contributed by atoms with Gasteiger partial charge >= 0.3 is 0 Å². The number of rotatable bonds is 3. The molecule has 3 rings (SSSR count). The van der Waals surface area contributed by atoms with Crippen LogP contribution in [0.2, 0.25) is 0 Å². The van der Waals surface area contributed by atoms with Gasteiger partial charge in [-0.15, -0.1) is 0 Å². The van der Waals surface area contributed by atoms with Gasteiger partial charge in [-0.25, -0.2) is 0 Å². The number of hydrogen-bond acceptors (Lipinski definition) is 5. The first-order valence-corrected chi connectivity index (χ1v) is 6.65. The molecule has 1 saturated carbocycles. The van der Waals surface area contributed by atoms with Crippen molar-refractivity contribution in [1.82, 2.24) is 15.0 Å². The van der Waals surface area contributed by atoms with E-state index < -0.39 is 5.91 Å². The molecule has 1 aromatic rings. The van der Waals surface area contributed by atoms with Gasteiger partial charge in [-0.2, -0.15) is 4.98 Å². The van der Waals surface area contributed by atoms with Gasteiger partial charge in [0.2, 0.25) is 5.89 Å². The van der Waals surface area contributed by atoms with Crippen LogP contribution in [0, 0.1) is 0 Å². The number of hydrogen-bond donors (Lipinski definition) is 1. The predicted molar refractivity (Wildman–Crippen MR) is 63.8 cm³/mol. The van der Waals surface area contributed by atoms with Gasteiger partial charge in [0.25, 0.3) is 11.7 Å².